The topological polar surface area (TPSA) is 65.1 Å². The fourth-order valence-corrected chi connectivity index (χ4v) is 2.50. The molecular formula is C16H28N4O. The van der Waals surface area contributed by atoms with Crippen molar-refractivity contribution in [1.82, 2.24) is 9.80 Å². The third-order valence-electron chi connectivity index (χ3n) is 3.61. The van der Waals surface area contributed by atoms with Crippen molar-refractivity contribution < 1.29 is 5.21 Å². The number of benzene rings is 1. The molecule has 0 saturated carbocycles. The van der Waals surface area contributed by atoms with Gasteiger partial charge in [0.15, 0.2) is 0 Å². The Morgan fingerprint density at radius 3 is 2.43 bits per heavy atom. The van der Waals surface area contributed by atoms with Crippen LogP contribution in [0.1, 0.15) is 31.4 Å². The molecular weight excluding hydrogens is 264 g/mol. The third-order valence-corrected chi connectivity index (χ3v) is 3.61. The van der Waals surface area contributed by atoms with Gasteiger partial charge in [0.05, 0.1) is 0 Å². The molecule has 0 radical (unpaired) electrons. The van der Waals surface area contributed by atoms with Crippen LogP contribution in [0.5, 0.6) is 0 Å². The fraction of sp³-hybridized carbons (Fsp3) is 0.562. The molecule has 0 fully saturated rings. The maximum absolute atomic E-state index is 8.87. The quantitative estimate of drug-likeness (QED) is 0.317. The predicted octanol–water partition coefficient (Wildman–Crippen LogP) is 2.14. The van der Waals surface area contributed by atoms with Crippen LogP contribution in [0.25, 0.3) is 0 Å². The molecule has 0 aliphatic rings. The fourth-order valence-electron chi connectivity index (χ4n) is 2.50. The van der Waals surface area contributed by atoms with E-state index in [0.717, 1.165) is 26.1 Å². The highest BCUT2D eigenvalue weighted by Crippen LogP contribution is 2.24. The Morgan fingerprint density at radius 2 is 1.90 bits per heavy atom. The summed E-state index contributed by atoms with van der Waals surface area (Å²) >= 11 is 0. The Bertz CT molecular complexity index is 420. The summed E-state index contributed by atoms with van der Waals surface area (Å²) in [5.41, 5.74) is 6.95. The molecule has 0 aliphatic heterocycles. The van der Waals surface area contributed by atoms with Crippen LogP contribution in [0, 0.1) is 0 Å². The van der Waals surface area contributed by atoms with Crippen molar-refractivity contribution in [2.75, 3.05) is 33.7 Å². The smallest absolute Gasteiger partial charge is 0.141 e. The SMILES string of the molecule is CCN(CCCN(C)C)C(C/C(N)=N/O)c1ccccc1. The second kappa shape index (κ2) is 9.37. The largest absolute Gasteiger partial charge is 0.409 e. The van der Waals surface area contributed by atoms with E-state index in [2.05, 4.69) is 48.1 Å². The summed E-state index contributed by atoms with van der Waals surface area (Å²) in [5, 5.41) is 12.0. The molecule has 0 heterocycles. The molecule has 3 N–H and O–H groups in total. The Balaban J connectivity index is 2.82. The first-order valence-electron chi connectivity index (χ1n) is 7.48. The Kier molecular flexibility index (Phi) is 7.79. The highest BCUT2D eigenvalue weighted by molar-refractivity contribution is 5.80. The van der Waals surface area contributed by atoms with E-state index in [1.807, 2.05) is 18.2 Å². The van der Waals surface area contributed by atoms with Gasteiger partial charge < -0.3 is 15.8 Å². The van der Waals surface area contributed by atoms with Crippen molar-refractivity contribution in [3.63, 3.8) is 0 Å². The molecule has 0 aliphatic carbocycles. The van der Waals surface area contributed by atoms with Crippen molar-refractivity contribution in [2.45, 2.75) is 25.8 Å². The van der Waals surface area contributed by atoms with Crippen LogP contribution in [0.3, 0.4) is 0 Å². The summed E-state index contributed by atoms with van der Waals surface area (Å²) in [4.78, 5) is 4.58. The molecule has 1 unspecified atom stereocenters. The van der Waals surface area contributed by atoms with E-state index in [1.165, 1.54) is 5.56 Å². The Hall–Kier alpha value is -1.59. The molecule has 1 aromatic rings. The van der Waals surface area contributed by atoms with Gasteiger partial charge in [-0.3, -0.25) is 4.90 Å². The standard InChI is InChI=1S/C16H28N4O/c1-4-20(12-8-11-19(2)3)15(13-16(17)18-21)14-9-6-5-7-10-14/h5-7,9-10,15,21H,4,8,11-13H2,1-3H3,(H2,17,18). The first-order chi connectivity index (χ1) is 10.1. The highest BCUT2D eigenvalue weighted by Gasteiger charge is 2.20. The van der Waals surface area contributed by atoms with E-state index in [4.69, 9.17) is 10.9 Å². The van der Waals surface area contributed by atoms with Crippen LogP contribution in [-0.2, 0) is 0 Å². The van der Waals surface area contributed by atoms with E-state index < -0.39 is 0 Å². The summed E-state index contributed by atoms with van der Waals surface area (Å²) in [7, 11) is 4.17. The van der Waals surface area contributed by atoms with Gasteiger partial charge in [0.2, 0.25) is 0 Å². The lowest BCUT2D eigenvalue weighted by atomic mass is 10.0. The van der Waals surface area contributed by atoms with Crippen molar-refractivity contribution in [3.05, 3.63) is 35.9 Å². The molecule has 0 spiro atoms. The van der Waals surface area contributed by atoms with Gasteiger partial charge in [-0.05, 0) is 45.7 Å². The van der Waals surface area contributed by atoms with Crippen molar-refractivity contribution >= 4 is 5.84 Å². The van der Waals surface area contributed by atoms with Crippen LogP contribution in [0.4, 0.5) is 0 Å². The summed E-state index contributed by atoms with van der Waals surface area (Å²) in [6.07, 6.45) is 1.64. The van der Waals surface area contributed by atoms with Gasteiger partial charge in [-0.15, -0.1) is 0 Å². The molecule has 0 saturated heterocycles. The van der Waals surface area contributed by atoms with E-state index in [1.54, 1.807) is 0 Å². The molecule has 21 heavy (non-hydrogen) atoms. The molecule has 0 bridgehead atoms. The average Bonchev–Trinajstić information content (AvgIpc) is 2.50. The number of hydrogen-bond donors (Lipinski definition) is 2. The predicted molar refractivity (Wildman–Crippen MR) is 87.6 cm³/mol. The second-order valence-electron chi connectivity index (χ2n) is 5.51. The zero-order valence-electron chi connectivity index (χ0n) is 13.4. The Labute approximate surface area is 128 Å². The number of amidine groups is 1. The second-order valence-corrected chi connectivity index (χ2v) is 5.51. The monoisotopic (exact) mass is 292 g/mol. The number of rotatable bonds is 9. The zero-order valence-corrected chi connectivity index (χ0v) is 13.4. The number of nitrogens with two attached hydrogens (primary N) is 1. The van der Waals surface area contributed by atoms with Crippen molar-refractivity contribution in [3.8, 4) is 0 Å². The minimum Gasteiger partial charge on any atom is -0.409 e. The molecule has 5 heteroatoms. The molecule has 5 nitrogen and oxygen atoms in total. The van der Waals surface area contributed by atoms with Gasteiger partial charge in [-0.25, -0.2) is 0 Å². The van der Waals surface area contributed by atoms with Crippen molar-refractivity contribution in [2.24, 2.45) is 10.9 Å². The molecule has 1 atom stereocenters. The van der Waals surface area contributed by atoms with Gasteiger partial charge >= 0.3 is 0 Å². The summed E-state index contributed by atoms with van der Waals surface area (Å²) in [5.74, 6) is 0.273. The molecule has 118 valence electrons. The minimum atomic E-state index is 0.147. The summed E-state index contributed by atoms with van der Waals surface area (Å²) in [6, 6.07) is 10.4. The molecule has 1 aromatic carbocycles. The van der Waals surface area contributed by atoms with Crippen LogP contribution in [-0.4, -0.2) is 54.6 Å². The van der Waals surface area contributed by atoms with Crippen LogP contribution in [0.2, 0.25) is 0 Å². The van der Waals surface area contributed by atoms with Crippen molar-refractivity contribution in [1.29, 1.82) is 0 Å². The molecule has 1 rings (SSSR count). The van der Waals surface area contributed by atoms with Crippen LogP contribution in [0.15, 0.2) is 35.5 Å². The number of nitrogens with zero attached hydrogens (tertiary/aromatic N) is 3. The van der Waals surface area contributed by atoms with Crippen LogP contribution >= 0.6 is 0 Å². The lowest BCUT2D eigenvalue weighted by Gasteiger charge is -2.31. The average molecular weight is 292 g/mol. The van der Waals surface area contributed by atoms with E-state index in [0.29, 0.717) is 6.42 Å². The number of hydrogen-bond acceptors (Lipinski definition) is 4. The van der Waals surface area contributed by atoms with E-state index >= 15 is 0 Å². The first-order valence-corrected chi connectivity index (χ1v) is 7.48. The van der Waals surface area contributed by atoms with Crippen LogP contribution < -0.4 is 5.73 Å². The lowest BCUT2D eigenvalue weighted by Crippen LogP contribution is -2.34. The maximum atomic E-state index is 8.87. The third kappa shape index (κ3) is 6.14. The molecule has 0 aromatic heterocycles. The van der Waals surface area contributed by atoms with E-state index in [9.17, 15) is 0 Å². The minimum absolute atomic E-state index is 0.147. The van der Waals surface area contributed by atoms with Gasteiger partial charge in [0, 0.05) is 12.5 Å². The summed E-state index contributed by atoms with van der Waals surface area (Å²) < 4.78 is 0. The van der Waals surface area contributed by atoms with Gasteiger partial charge in [-0.1, -0.05) is 42.4 Å². The van der Waals surface area contributed by atoms with E-state index in [-0.39, 0.29) is 11.9 Å². The highest BCUT2D eigenvalue weighted by atomic mass is 16.4. The summed E-state index contributed by atoms with van der Waals surface area (Å²) in [6.45, 7) is 5.14. The van der Waals surface area contributed by atoms with Gasteiger partial charge in [0.1, 0.15) is 5.84 Å². The normalized spacial score (nSPS) is 13.9. The Morgan fingerprint density at radius 1 is 1.24 bits per heavy atom. The van der Waals surface area contributed by atoms with Gasteiger partial charge in [-0.2, -0.15) is 0 Å². The molecule has 0 amide bonds. The zero-order chi connectivity index (χ0) is 15.7. The number of oxime groups is 1. The lowest BCUT2D eigenvalue weighted by molar-refractivity contribution is 0.199. The first kappa shape index (κ1) is 17.5. The maximum Gasteiger partial charge on any atom is 0.141 e. The van der Waals surface area contributed by atoms with Gasteiger partial charge in [0.25, 0.3) is 0 Å².